The molecule has 1 atom stereocenters. The minimum Gasteiger partial charge on any atom is -0.327 e. The Labute approximate surface area is 128 Å². The quantitative estimate of drug-likeness (QED) is 0.927. The maximum atomic E-state index is 6.15. The number of hydrogen-bond donors (Lipinski definition) is 1. The molecule has 1 aliphatic rings. The Balaban J connectivity index is 0.00000162. The second-order valence-electron chi connectivity index (χ2n) is 5.93. The minimum absolute atomic E-state index is 0. The third-order valence-corrected chi connectivity index (χ3v) is 3.87. The van der Waals surface area contributed by atoms with Gasteiger partial charge in [0.15, 0.2) is 0 Å². The maximum absolute atomic E-state index is 6.15. The van der Waals surface area contributed by atoms with Gasteiger partial charge in [0.25, 0.3) is 0 Å². The van der Waals surface area contributed by atoms with Crippen molar-refractivity contribution in [1.29, 1.82) is 0 Å². The fraction of sp³-hybridized carbons (Fsp3) is 0.769. The van der Waals surface area contributed by atoms with Crippen molar-refractivity contribution < 1.29 is 0 Å². The summed E-state index contributed by atoms with van der Waals surface area (Å²) in [6, 6.07) is 0.345. The van der Waals surface area contributed by atoms with Crippen molar-refractivity contribution in [3.63, 3.8) is 0 Å². The van der Waals surface area contributed by atoms with Crippen LogP contribution in [0.1, 0.15) is 25.8 Å². The molecule has 2 N–H and O–H groups in total. The summed E-state index contributed by atoms with van der Waals surface area (Å²) in [5.41, 5.74) is 7.71. The molecule has 4 nitrogen and oxygen atoms in total. The summed E-state index contributed by atoms with van der Waals surface area (Å²) < 4.78 is 1.87. The van der Waals surface area contributed by atoms with Crippen LogP contribution in [0.5, 0.6) is 0 Å². The highest BCUT2D eigenvalue weighted by atomic mass is 35.5. The van der Waals surface area contributed by atoms with Crippen LogP contribution in [0.4, 0.5) is 0 Å². The van der Waals surface area contributed by atoms with Gasteiger partial charge in [-0.2, -0.15) is 5.10 Å². The van der Waals surface area contributed by atoms with Crippen LogP contribution in [-0.2, 0) is 13.5 Å². The lowest BCUT2D eigenvalue weighted by atomic mass is 9.79. The molecule has 112 valence electrons. The third kappa shape index (κ3) is 4.95. The number of likely N-dealkylation sites (tertiary alicyclic amines) is 1. The van der Waals surface area contributed by atoms with Gasteiger partial charge in [0, 0.05) is 32.4 Å². The maximum Gasteiger partial charge on any atom is 0.0522 e. The molecule has 1 saturated heterocycles. The summed E-state index contributed by atoms with van der Waals surface area (Å²) in [5.74, 6) is 0. The van der Waals surface area contributed by atoms with E-state index in [1.165, 1.54) is 5.56 Å². The van der Waals surface area contributed by atoms with Gasteiger partial charge in [0.05, 0.1) is 6.20 Å². The van der Waals surface area contributed by atoms with Gasteiger partial charge >= 0.3 is 0 Å². The topological polar surface area (TPSA) is 47.1 Å². The van der Waals surface area contributed by atoms with Crippen molar-refractivity contribution >= 4 is 24.8 Å². The van der Waals surface area contributed by atoms with E-state index in [1.54, 1.807) is 0 Å². The van der Waals surface area contributed by atoms with Gasteiger partial charge in [0.2, 0.25) is 0 Å². The van der Waals surface area contributed by atoms with E-state index < -0.39 is 0 Å². The molecular weight excluding hydrogens is 283 g/mol. The third-order valence-electron chi connectivity index (χ3n) is 3.87. The standard InChI is InChI=1S/C13H24N4.2ClH/c1-13(2)10-17(7-5-12(13)14)6-4-11-8-15-16(3)9-11;;/h8-9,12H,4-7,10,14H2,1-3H3;2*1H. The molecule has 1 aromatic heterocycles. The van der Waals surface area contributed by atoms with Crippen molar-refractivity contribution in [3.8, 4) is 0 Å². The van der Waals surface area contributed by atoms with Crippen LogP contribution in [0.15, 0.2) is 12.4 Å². The van der Waals surface area contributed by atoms with Crippen LogP contribution >= 0.6 is 24.8 Å². The average molecular weight is 309 g/mol. The number of nitrogens with two attached hydrogens (primary N) is 1. The molecule has 0 radical (unpaired) electrons. The molecule has 0 bridgehead atoms. The Bertz CT molecular complexity index is 378. The summed E-state index contributed by atoms with van der Waals surface area (Å²) in [7, 11) is 1.96. The van der Waals surface area contributed by atoms with E-state index in [1.807, 2.05) is 17.9 Å². The van der Waals surface area contributed by atoms with Crippen LogP contribution in [0.3, 0.4) is 0 Å². The molecule has 2 rings (SSSR count). The lowest BCUT2D eigenvalue weighted by Gasteiger charge is -2.42. The highest BCUT2D eigenvalue weighted by Gasteiger charge is 2.32. The van der Waals surface area contributed by atoms with Crippen LogP contribution in [0.2, 0.25) is 0 Å². The van der Waals surface area contributed by atoms with E-state index in [2.05, 4.69) is 30.0 Å². The van der Waals surface area contributed by atoms with Gasteiger partial charge in [-0.25, -0.2) is 0 Å². The van der Waals surface area contributed by atoms with Crippen LogP contribution in [0, 0.1) is 5.41 Å². The first-order valence-corrected chi connectivity index (χ1v) is 6.43. The van der Waals surface area contributed by atoms with Crippen molar-refractivity contribution in [2.75, 3.05) is 19.6 Å². The van der Waals surface area contributed by atoms with Gasteiger partial charge in [0.1, 0.15) is 0 Å². The molecule has 1 aliphatic heterocycles. The van der Waals surface area contributed by atoms with Crippen molar-refractivity contribution in [2.24, 2.45) is 18.2 Å². The predicted molar refractivity (Wildman–Crippen MR) is 84.2 cm³/mol. The second kappa shape index (κ2) is 7.48. The predicted octanol–water partition coefficient (Wildman–Crippen LogP) is 1.87. The van der Waals surface area contributed by atoms with Gasteiger partial charge in [-0.05, 0) is 30.4 Å². The lowest BCUT2D eigenvalue weighted by molar-refractivity contribution is 0.0965. The molecule has 6 heteroatoms. The van der Waals surface area contributed by atoms with E-state index in [0.29, 0.717) is 6.04 Å². The number of nitrogens with zero attached hydrogens (tertiary/aromatic N) is 3. The Morgan fingerprint density at radius 3 is 2.63 bits per heavy atom. The normalized spacial score (nSPS) is 22.4. The van der Waals surface area contributed by atoms with E-state index in [4.69, 9.17) is 5.73 Å². The SMILES string of the molecule is Cl.Cl.Cn1cc(CCN2CCC(N)C(C)(C)C2)cn1. The fourth-order valence-corrected chi connectivity index (χ4v) is 2.56. The van der Waals surface area contributed by atoms with Crippen molar-refractivity contribution in [1.82, 2.24) is 14.7 Å². The van der Waals surface area contributed by atoms with Crippen molar-refractivity contribution in [2.45, 2.75) is 32.7 Å². The monoisotopic (exact) mass is 308 g/mol. The lowest BCUT2D eigenvalue weighted by Crippen LogP contribution is -2.52. The molecule has 0 saturated carbocycles. The molecule has 0 amide bonds. The summed E-state index contributed by atoms with van der Waals surface area (Å²) >= 11 is 0. The van der Waals surface area contributed by atoms with Gasteiger partial charge in [-0.3, -0.25) is 4.68 Å². The number of halogens is 2. The Morgan fingerprint density at radius 2 is 2.11 bits per heavy atom. The smallest absolute Gasteiger partial charge is 0.0522 e. The van der Waals surface area contributed by atoms with E-state index in [-0.39, 0.29) is 30.2 Å². The highest BCUT2D eigenvalue weighted by Crippen LogP contribution is 2.27. The first-order chi connectivity index (χ1) is 7.97. The van der Waals surface area contributed by atoms with E-state index in [9.17, 15) is 0 Å². The Kier molecular flexibility index (Phi) is 7.37. The zero-order chi connectivity index (χ0) is 12.5. The molecule has 1 fully saturated rings. The first-order valence-electron chi connectivity index (χ1n) is 6.43. The van der Waals surface area contributed by atoms with Gasteiger partial charge in [-0.15, -0.1) is 24.8 Å². The molecule has 0 aliphatic carbocycles. The summed E-state index contributed by atoms with van der Waals surface area (Å²) in [6.45, 7) is 7.89. The number of aromatic nitrogens is 2. The fourth-order valence-electron chi connectivity index (χ4n) is 2.56. The molecule has 2 heterocycles. The first kappa shape index (κ1) is 18.7. The zero-order valence-corrected chi connectivity index (χ0v) is 13.6. The number of aryl methyl sites for hydroxylation is 1. The molecule has 19 heavy (non-hydrogen) atoms. The number of hydrogen-bond acceptors (Lipinski definition) is 3. The summed E-state index contributed by atoms with van der Waals surface area (Å²) in [4.78, 5) is 2.52. The molecule has 0 spiro atoms. The van der Waals surface area contributed by atoms with Gasteiger partial charge in [-0.1, -0.05) is 13.8 Å². The van der Waals surface area contributed by atoms with Crippen molar-refractivity contribution in [3.05, 3.63) is 18.0 Å². The number of rotatable bonds is 3. The molecule has 1 aromatic rings. The summed E-state index contributed by atoms with van der Waals surface area (Å²) in [6.07, 6.45) is 6.25. The van der Waals surface area contributed by atoms with E-state index in [0.717, 1.165) is 32.5 Å². The van der Waals surface area contributed by atoms with Crippen LogP contribution < -0.4 is 5.73 Å². The molecule has 0 aromatic carbocycles. The van der Waals surface area contributed by atoms with Crippen LogP contribution in [0.25, 0.3) is 0 Å². The second-order valence-corrected chi connectivity index (χ2v) is 5.93. The van der Waals surface area contributed by atoms with Gasteiger partial charge < -0.3 is 10.6 Å². The largest absolute Gasteiger partial charge is 0.327 e. The molecule has 1 unspecified atom stereocenters. The van der Waals surface area contributed by atoms with Crippen LogP contribution in [-0.4, -0.2) is 40.4 Å². The average Bonchev–Trinajstić information content (AvgIpc) is 2.66. The summed E-state index contributed by atoms with van der Waals surface area (Å²) in [5, 5.41) is 4.20. The Hall–Kier alpha value is -0.290. The number of piperidine rings is 1. The highest BCUT2D eigenvalue weighted by molar-refractivity contribution is 5.85. The minimum atomic E-state index is 0. The molecular formula is C13H26Cl2N4. The van der Waals surface area contributed by atoms with E-state index >= 15 is 0 Å². The Morgan fingerprint density at radius 1 is 1.42 bits per heavy atom. The zero-order valence-electron chi connectivity index (χ0n) is 12.0.